The first-order chi connectivity index (χ1) is 11.0. The highest BCUT2D eigenvalue weighted by Gasteiger charge is 2.35. The minimum absolute atomic E-state index is 0.0155. The molecule has 126 valence electrons. The molecule has 1 fully saturated rings. The van der Waals surface area contributed by atoms with Crippen LogP contribution in [0.1, 0.15) is 44.6 Å². The Hall–Kier alpha value is -1.20. The van der Waals surface area contributed by atoms with E-state index in [1.807, 2.05) is 0 Å². The Morgan fingerprint density at radius 1 is 1.26 bits per heavy atom. The first-order valence-corrected chi connectivity index (χ1v) is 10.0. The molecule has 2 aliphatic rings. The number of allylic oxidation sites excluding steroid dienone is 2. The van der Waals surface area contributed by atoms with Gasteiger partial charge in [-0.2, -0.15) is 0 Å². The van der Waals surface area contributed by atoms with Gasteiger partial charge < -0.3 is 0 Å². The highest BCUT2D eigenvalue weighted by molar-refractivity contribution is 7.88. The molecule has 1 N–H and O–H groups in total. The monoisotopic (exact) mass is 337 g/mol. The number of halogens is 1. The molecule has 1 aromatic rings. The normalized spacial score (nSPS) is 27.6. The number of hydrogen-bond donors (Lipinski definition) is 1. The zero-order valence-corrected chi connectivity index (χ0v) is 14.3. The lowest BCUT2D eigenvalue weighted by molar-refractivity contribution is 0.231. The van der Waals surface area contributed by atoms with E-state index in [0.29, 0.717) is 11.8 Å². The maximum atomic E-state index is 13.7. The van der Waals surface area contributed by atoms with Crippen molar-refractivity contribution in [3.05, 3.63) is 47.3 Å². The van der Waals surface area contributed by atoms with E-state index < -0.39 is 15.8 Å². The van der Waals surface area contributed by atoms with Crippen molar-refractivity contribution in [2.75, 3.05) is 0 Å². The second kappa shape index (κ2) is 6.73. The topological polar surface area (TPSA) is 46.2 Å². The maximum absolute atomic E-state index is 13.7. The summed E-state index contributed by atoms with van der Waals surface area (Å²) in [5, 5.41) is 0. The summed E-state index contributed by atoms with van der Waals surface area (Å²) in [6.07, 6.45) is 7.39. The molecule has 2 aliphatic carbocycles. The van der Waals surface area contributed by atoms with Gasteiger partial charge in [-0.1, -0.05) is 36.8 Å². The fraction of sp³-hybridized carbons (Fsp3) is 0.556. The van der Waals surface area contributed by atoms with Crippen molar-refractivity contribution in [3.63, 3.8) is 0 Å². The molecule has 1 aromatic carbocycles. The summed E-state index contributed by atoms with van der Waals surface area (Å²) in [6.45, 7) is 2.16. The summed E-state index contributed by atoms with van der Waals surface area (Å²) in [4.78, 5) is 0. The van der Waals surface area contributed by atoms with E-state index in [9.17, 15) is 12.8 Å². The molecule has 5 heteroatoms. The van der Waals surface area contributed by atoms with Crippen LogP contribution in [0.2, 0.25) is 0 Å². The van der Waals surface area contributed by atoms with E-state index in [2.05, 4.69) is 17.7 Å². The average molecular weight is 337 g/mol. The van der Waals surface area contributed by atoms with Crippen molar-refractivity contribution < 1.29 is 12.8 Å². The van der Waals surface area contributed by atoms with Crippen molar-refractivity contribution >= 4 is 10.0 Å². The largest absolute Gasteiger partial charge is 0.216 e. The van der Waals surface area contributed by atoms with Gasteiger partial charge in [0.05, 0.1) is 5.75 Å². The summed E-state index contributed by atoms with van der Waals surface area (Å²) in [5.41, 5.74) is 1.68. The van der Waals surface area contributed by atoms with Gasteiger partial charge in [0.1, 0.15) is 5.82 Å². The maximum Gasteiger partial charge on any atom is 0.216 e. The van der Waals surface area contributed by atoms with Crippen LogP contribution in [-0.4, -0.2) is 14.5 Å². The van der Waals surface area contributed by atoms with Gasteiger partial charge in [-0.25, -0.2) is 17.5 Å². The Labute approximate surface area is 138 Å². The highest BCUT2D eigenvalue weighted by Crippen LogP contribution is 2.40. The standard InChI is InChI=1S/C18H24FNO2S/c1-2-13-9-14-7-8-18(16(10-13)11-14)20-23(21,22)12-15-5-3-4-6-17(15)19/h3-6,9,14,16,18,20H,2,7-8,10-12H2,1H3. The van der Waals surface area contributed by atoms with Crippen LogP contribution < -0.4 is 4.72 Å². The summed E-state index contributed by atoms with van der Waals surface area (Å²) in [6, 6.07) is 6.05. The lowest BCUT2D eigenvalue weighted by atomic mass is 9.70. The van der Waals surface area contributed by atoms with Gasteiger partial charge in [0, 0.05) is 11.6 Å². The smallest absolute Gasteiger partial charge is 0.212 e. The molecule has 0 spiro atoms. The van der Waals surface area contributed by atoms with Crippen LogP contribution in [0, 0.1) is 17.7 Å². The van der Waals surface area contributed by atoms with Gasteiger partial charge in [-0.15, -0.1) is 0 Å². The van der Waals surface area contributed by atoms with Crippen LogP contribution in [0.4, 0.5) is 4.39 Å². The average Bonchev–Trinajstić information content (AvgIpc) is 2.52. The Morgan fingerprint density at radius 3 is 2.78 bits per heavy atom. The van der Waals surface area contributed by atoms with Crippen LogP contribution >= 0.6 is 0 Å². The predicted octanol–water partition coefficient (Wildman–Crippen LogP) is 3.77. The van der Waals surface area contributed by atoms with Crippen molar-refractivity contribution in [2.45, 2.75) is 50.8 Å². The number of nitrogens with one attached hydrogen (secondary N) is 1. The lowest BCUT2D eigenvalue weighted by Gasteiger charge is -2.39. The minimum atomic E-state index is -3.53. The molecule has 0 heterocycles. The second-order valence-corrected chi connectivity index (χ2v) is 8.54. The molecule has 0 radical (unpaired) electrons. The van der Waals surface area contributed by atoms with Gasteiger partial charge in [0.2, 0.25) is 10.0 Å². The molecule has 3 rings (SSSR count). The summed E-state index contributed by atoms with van der Waals surface area (Å²) in [7, 11) is -3.53. The molecular weight excluding hydrogens is 313 g/mol. The Morgan fingerprint density at radius 2 is 2.04 bits per heavy atom. The molecule has 23 heavy (non-hydrogen) atoms. The molecule has 0 aromatic heterocycles. The van der Waals surface area contributed by atoms with Crippen molar-refractivity contribution in [1.29, 1.82) is 0 Å². The van der Waals surface area contributed by atoms with Crippen molar-refractivity contribution in [3.8, 4) is 0 Å². The lowest BCUT2D eigenvalue weighted by Crippen LogP contribution is -2.45. The third kappa shape index (κ3) is 4.01. The van der Waals surface area contributed by atoms with E-state index >= 15 is 0 Å². The number of rotatable bonds is 5. The van der Waals surface area contributed by atoms with Gasteiger partial charge in [-0.05, 0) is 50.0 Å². The van der Waals surface area contributed by atoms with Gasteiger partial charge in [0.15, 0.2) is 0 Å². The molecule has 0 saturated heterocycles. The fourth-order valence-electron chi connectivity index (χ4n) is 3.93. The summed E-state index contributed by atoms with van der Waals surface area (Å²) in [5.74, 6) is 0.235. The fourth-order valence-corrected chi connectivity index (χ4v) is 5.42. The Kier molecular flexibility index (Phi) is 4.87. The van der Waals surface area contributed by atoms with Crippen molar-refractivity contribution in [2.24, 2.45) is 11.8 Å². The summed E-state index contributed by atoms with van der Waals surface area (Å²) < 4.78 is 41.4. The second-order valence-electron chi connectivity index (χ2n) is 6.79. The quantitative estimate of drug-likeness (QED) is 0.831. The van der Waals surface area contributed by atoms with Crippen LogP contribution in [0.15, 0.2) is 35.9 Å². The third-order valence-corrected chi connectivity index (χ3v) is 6.46. The molecule has 3 unspecified atom stereocenters. The van der Waals surface area contributed by atoms with Crippen molar-refractivity contribution in [1.82, 2.24) is 4.72 Å². The minimum Gasteiger partial charge on any atom is -0.212 e. The van der Waals surface area contributed by atoms with Crippen LogP contribution in [0.5, 0.6) is 0 Å². The first-order valence-electron chi connectivity index (χ1n) is 8.40. The number of fused-ring (bicyclic) bond motifs is 2. The zero-order chi connectivity index (χ0) is 16.4. The van der Waals surface area contributed by atoms with Crippen LogP contribution in [0.25, 0.3) is 0 Å². The van der Waals surface area contributed by atoms with Crippen LogP contribution in [0.3, 0.4) is 0 Å². The molecule has 0 aliphatic heterocycles. The molecule has 1 saturated carbocycles. The Bertz CT molecular complexity index is 699. The third-order valence-electron chi connectivity index (χ3n) is 5.11. The summed E-state index contributed by atoms with van der Waals surface area (Å²) >= 11 is 0. The molecule has 3 atom stereocenters. The Balaban J connectivity index is 1.69. The predicted molar refractivity (Wildman–Crippen MR) is 89.8 cm³/mol. The number of benzene rings is 1. The van der Waals surface area contributed by atoms with E-state index in [1.54, 1.807) is 12.1 Å². The van der Waals surface area contributed by atoms with Gasteiger partial charge in [0.25, 0.3) is 0 Å². The SMILES string of the molecule is CCC1=CC2CCC(NS(=O)(=O)Cc3ccccc3F)C(C1)C2. The zero-order valence-electron chi connectivity index (χ0n) is 13.5. The van der Waals surface area contributed by atoms with E-state index in [1.165, 1.54) is 17.7 Å². The number of hydrogen-bond acceptors (Lipinski definition) is 2. The van der Waals surface area contributed by atoms with E-state index in [4.69, 9.17) is 0 Å². The van der Waals surface area contributed by atoms with Gasteiger partial charge >= 0.3 is 0 Å². The highest BCUT2D eigenvalue weighted by atomic mass is 32.2. The molecule has 0 amide bonds. The van der Waals surface area contributed by atoms with E-state index in [-0.39, 0.29) is 17.4 Å². The number of sulfonamides is 1. The molecule has 2 bridgehead atoms. The molecule has 3 nitrogen and oxygen atoms in total. The first kappa shape index (κ1) is 16.7. The van der Waals surface area contributed by atoms with Gasteiger partial charge in [-0.3, -0.25) is 0 Å². The van der Waals surface area contributed by atoms with E-state index in [0.717, 1.165) is 32.1 Å². The van der Waals surface area contributed by atoms with Crippen LogP contribution in [-0.2, 0) is 15.8 Å². The molecular formula is C18H24FNO2S.